The lowest BCUT2D eigenvalue weighted by atomic mass is 10.0. The third-order valence-electron chi connectivity index (χ3n) is 3.86. The Morgan fingerprint density at radius 1 is 1.33 bits per heavy atom. The average Bonchev–Trinajstić information content (AvgIpc) is 2.50. The molecule has 1 aromatic rings. The van der Waals surface area contributed by atoms with E-state index in [9.17, 15) is 5.11 Å². The molecular formula is C16H26N2O3. The van der Waals surface area contributed by atoms with E-state index in [1.807, 2.05) is 18.2 Å². The summed E-state index contributed by atoms with van der Waals surface area (Å²) in [6.07, 6.45) is 1.77. The summed E-state index contributed by atoms with van der Waals surface area (Å²) in [6.45, 7) is 3.10. The van der Waals surface area contributed by atoms with Gasteiger partial charge in [-0.2, -0.15) is 0 Å². The number of ether oxygens (including phenoxy) is 2. The Morgan fingerprint density at radius 3 is 2.76 bits per heavy atom. The number of benzene rings is 1. The maximum Gasteiger partial charge on any atom is 0.120 e. The van der Waals surface area contributed by atoms with Gasteiger partial charge in [-0.15, -0.1) is 0 Å². The molecule has 2 rings (SSSR count). The summed E-state index contributed by atoms with van der Waals surface area (Å²) in [5, 5.41) is 13.3. The number of rotatable bonds is 7. The topological polar surface area (TPSA) is 54.0 Å². The van der Waals surface area contributed by atoms with E-state index in [1.165, 1.54) is 0 Å². The van der Waals surface area contributed by atoms with Crippen molar-refractivity contribution in [2.45, 2.75) is 25.0 Å². The summed E-state index contributed by atoms with van der Waals surface area (Å²) in [6, 6.07) is 8.52. The van der Waals surface area contributed by atoms with Gasteiger partial charge in [0.15, 0.2) is 0 Å². The second-order valence-electron chi connectivity index (χ2n) is 5.56. The number of aliphatic hydroxyl groups is 1. The fourth-order valence-corrected chi connectivity index (χ4v) is 2.75. The third kappa shape index (κ3) is 5.19. The van der Waals surface area contributed by atoms with Crippen LogP contribution in [0.25, 0.3) is 0 Å². The standard InChI is InChI=1S/C16H26N2O3/c1-20-12-15(19)11-18-8-6-13(7-9-18)17-14-4-3-5-16(10-14)21-2/h3-5,10,13,15,17,19H,6-9,11-12H2,1-2H3/t15-/m1/s1. The monoisotopic (exact) mass is 294 g/mol. The van der Waals surface area contributed by atoms with E-state index < -0.39 is 6.10 Å². The average molecular weight is 294 g/mol. The van der Waals surface area contributed by atoms with Crippen molar-refractivity contribution in [3.05, 3.63) is 24.3 Å². The number of likely N-dealkylation sites (tertiary alicyclic amines) is 1. The van der Waals surface area contributed by atoms with Crippen molar-refractivity contribution in [3.63, 3.8) is 0 Å². The molecule has 5 nitrogen and oxygen atoms in total. The van der Waals surface area contributed by atoms with Crippen LogP contribution in [0.15, 0.2) is 24.3 Å². The summed E-state index contributed by atoms with van der Waals surface area (Å²) < 4.78 is 10.2. The van der Waals surface area contributed by atoms with E-state index >= 15 is 0 Å². The van der Waals surface area contributed by atoms with Gasteiger partial charge in [0.25, 0.3) is 0 Å². The Bertz CT molecular complexity index is 420. The predicted octanol–water partition coefficient (Wildman–Crippen LogP) is 1.58. The summed E-state index contributed by atoms with van der Waals surface area (Å²) in [7, 11) is 3.30. The zero-order valence-corrected chi connectivity index (χ0v) is 12.9. The maximum atomic E-state index is 9.76. The smallest absolute Gasteiger partial charge is 0.120 e. The molecule has 0 saturated carbocycles. The van der Waals surface area contributed by atoms with E-state index in [1.54, 1.807) is 14.2 Å². The molecule has 118 valence electrons. The number of methoxy groups -OCH3 is 2. The van der Waals surface area contributed by atoms with Crippen LogP contribution in [0.2, 0.25) is 0 Å². The summed E-state index contributed by atoms with van der Waals surface area (Å²) >= 11 is 0. The van der Waals surface area contributed by atoms with E-state index in [2.05, 4.69) is 16.3 Å². The Hall–Kier alpha value is -1.30. The van der Waals surface area contributed by atoms with E-state index in [4.69, 9.17) is 9.47 Å². The molecule has 0 aliphatic carbocycles. The quantitative estimate of drug-likeness (QED) is 0.799. The molecule has 1 fully saturated rings. The van der Waals surface area contributed by atoms with E-state index in [-0.39, 0.29) is 0 Å². The molecule has 1 aliphatic heterocycles. The summed E-state index contributed by atoms with van der Waals surface area (Å²) in [5.74, 6) is 0.875. The van der Waals surface area contributed by atoms with Crippen molar-refractivity contribution < 1.29 is 14.6 Å². The van der Waals surface area contributed by atoms with Crippen LogP contribution in [0.3, 0.4) is 0 Å². The van der Waals surface area contributed by atoms with Crippen LogP contribution >= 0.6 is 0 Å². The number of aliphatic hydroxyl groups excluding tert-OH is 1. The van der Waals surface area contributed by atoms with Crippen LogP contribution in [0.1, 0.15) is 12.8 Å². The molecule has 0 spiro atoms. The molecular weight excluding hydrogens is 268 g/mol. The van der Waals surface area contributed by atoms with Crippen LogP contribution in [0, 0.1) is 0 Å². The molecule has 0 radical (unpaired) electrons. The lowest BCUT2D eigenvalue weighted by Gasteiger charge is -2.33. The van der Waals surface area contributed by atoms with Gasteiger partial charge in [0, 0.05) is 44.5 Å². The van der Waals surface area contributed by atoms with Crippen LogP contribution in [-0.4, -0.2) is 62.6 Å². The third-order valence-corrected chi connectivity index (χ3v) is 3.86. The lowest BCUT2D eigenvalue weighted by molar-refractivity contribution is 0.0327. The fraction of sp³-hybridized carbons (Fsp3) is 0.625. The highest BCUT2D eigenvalue weighted by Crippen LogP contribution is 2.20. The van der Waals surface area contributed by atoms with Gasteiger partial charge in [0.2, 0.25) is 0 Å². The van der Waals surface area contributed by atoms with Crippen LogP contribution in [-0.2, 0) is 4.74 Å². The van der Waals surface area contributed by atoms with Crippen molar-refractivity contribution in [1.29, 1.82) is 0 Å². The molecule has 1 atom stereocenters. The minimum absolute atomic E-state index is 0.391. The number of piperidine rings is 1. The molecule has 0 bridgehead atoms. The molecule has 1 aromatic carbocycles. The highest BCUT2D eigenvalue weighted by molar-refractivity contribution is 5.48. The predicted molar refractivity (Wildman–Crippen MR) is 84.0 cm³/mol. The SMILES string of the molecule is COC[C@H](O)CN1CCC(Nc2cccc(OC)c2)CC1. The molecule has 21 heavy (non-hydrogen) atoms. The number of nitrogens with zero attached hydrogens (tertiary/aromatic N) is 1. The zero-order chi connectivity index (χ0) is 15.1. The Morgan fingerprint density at radius 2 is 2.10 bits per heavy atom. The van der Waals surface area contributed by atoms with Gasteiger partial charge >= 0.3 is 0 Å². The van der Waals surface area contributed by atoms with Crippen molar-refractivity contribution in [1.82, 2.24) is 4.90 Å². The Kier molecular flexibility index (Phi) is 6.29. The fourth-order valence-electron chi connectivity index (χ4n) is 2.75. The number of hydrogen-bond donors (Lipinski definition) is 2. The second-order valence-corrected chi connectivity index (χ2v) is 5.56. The molecule has 1 saturated heterocycles. The molecule has 2 N–H and O–H groups in total. The number of nitrogens with one attached hydrogen (secondary N) is 1. The molecule has 0 unspecified atom stereocenters. The highest BCUT2D eigenvalue weighted by Gasteiger charge is 2.20. The van der Waals surface area contributed by atoms with Gasteiger partial charge in [-0.05, 0) is 25.0 Å². The van der Waals surface area contributed by atoms with Gasteiger partial charge in [-0.25, -0.2) is 0 Å². The first kappa shape index (κ1) is 16.1. The van der Waals surface area contributed by atoms with Crippen LogP contribution in [0.4, 0.5) is 5.69 Å². The largest absolute Gasteiger partial charge is 0.497 e. The molecule has 0 aromatic heterocycles. The number of β-amino-alcohol motifs (C(OH)–C–C–N with tert-alkyl or cyclic N) is 1. The maximum absolute atomic E-state index is 9.76. The van der Waals surface area contributed by atoms with Gasteiger partial charge in [0.05, 0.1) is 19.8 Å². The molecule has 0 amide bonds. The molecule has 1 aliphatic rings. The van der Waals surface area contributed by atoms with E-state index in [0.29, 0.717) is 19.2 Å². The minimum Gasteiger partial charge on any atom is -0.497 e. The van der Waals surface area contributed by atoms with Crippen molar-refractivity contribution in [2.75, 3.05) is 45.8 Å². The lowest BCUT2D eigenvalue weighted by Crippen LogP contribution is -2.43. The summed E-state index contributed by atoms with van der Waals surface area (Å²) in [4.78, 5) is 2.30. The Balaban J connectivity index is 1.76. The minimum atomic E-state index is -0.391. The van der Waals surface area contributed by atoms with Gasteiger partial charge in [-0.1, -0.05) is 6.07 Å². The van der Waals surface area contributed by atoms with Crippen LogP contribution < -0.4 is 10.1 Å². The highest BCUT2D eigenvalue weighted by atomic mass is 16.5. The normalized spacial score (nSPS) is 18.4. The van der Waals surface area contributed by atoms with Crippen LogP contribution in [0.5, 0.6) is 5.75 Å². The number of anilines is 1. The van der Waals surface area contributed by atoms with Gasteiger partial charge in [-0.3, -0.25) is 0 Å². The molecule has 5 heteroatoms. The molecule has 1 heterocycles. The first-order valence-corrected chi connectivity index (χ1v) is 7.51. The zero-order valence-electron chi connectivity index (χ0n) is 12.9. The summed E-state index contributed by atoms with van der Waals surface area (Å²) in [5.41, 5.74) is 1.10. The van der Waals surface area contributed by atoms with Gasteiger partial charge < -0.3 is 24.8 Å². The van der Waals surface area contributed by atoms with Crippen molar-refractivity contribution in [2.24, 2.45) is 0 Å². The van der Waals surface area contributed by atoms with Gasteiger partial charge in [0.1, 0.15) is 5.75 Å². The van der Waals surface area contributed by atoms with E-state index in [0.717, 1.165) is 37.4 Å². The Labute approximate surface area is 126 Å². The second kappa shape index (κ2) is 8.22. The first-order valence-electron chi connectivity index (χ1n) is 7.51. The van der Waals surface area contributed by atoms with Crippen molar-refractivity contribution >= 4 is 5.69 Å². The first-order chi connectivity index (χ1) is 10.2. The number of hydrogen-bond acceptors (Lipinski definition) is 5. The van der Waals surface area contributed by atoms with Crippen molar-refractivity contribution in [3.8, 4) is 5.75 Å².